The number of amides is 3. The molecule has 3 fully saturated rings. The third kappa shape index (κ3) is 5.04. The third-order valence-corrected chi connectivity index (χ3v) is 12.0. The number of carbonyl (C=O) groups excluding carboxylic acids is 3. The maximum atomic E-state index is 15.1. The van der Waals surface area contributed by atoms with Gasteiger partial charge in [0.05, 0.1) is 34.7 Å². The van der Waals surface area contributed by atoms with Crippen molar-refractivity contribution in [2.24, 2.45) is 17.8 Å². The van der Waals surface area contributed by atoms with Crippen molar-refractivity contribution in [2.75, 3.05) is 26.2 Å². The molecule has 3 aliphatic rings. The van der Waals surface area contributed by atoms with E-state index in [1.54, 1.807) is 43.3 Å². The highest BCUT2D eigenvalue weighted by molar-refractivity contribution is 8.02. The van der Waals surface area contributed by atoms with Gasteiger partial charge >= 0.3 is 0 Å². The van der Waals surface area contributed by atoms with Crippen LogP contribution in [0.4, 0.5) is 0 Å². The molecule has 242 valence electrons. The van der Waals surface area contributed by atoms with Crippen molar-refractivity contribution in [1.82, 2.24) is 29.7 Å². The van der Waals surface area contributed by atoms with Gasteiger partial charge in [-0.1, -0.05) is 73.7 Å². The van der Waals surface area contributed by atoms with Crippen molar-refractivity contribution in [3.8, 4) is 0 Å². The van der Waals surface area contributed by atoms with Crippen LogP contribution in [-0.4, -0.2) is 94.8 Å². The molecule has 6 rings (SSSR count). The van der Waals surface area contributed by atoms with E-state index in [2.05, 4.69) is 30.4 Å². The molecule has 3 unspecified atom stereocenters. The number of carbonyl (C=O) groups is 3. The molecule has 46 heavy (non-hydrogen) atoms. The molecule has 3 aliphatic heterocycles. The predicted molar refractivity (Wildman–Crippen MR) is 178 cm³/mol. The van der Waals surface area contributed by atoms with Crippen LogP contribution in [0.1, 0.15) is 38.3 Å². The molecule has 3 amide bonds. The molecule has 0 radical (unpaired) electrons. The monoisotopic (exact) mass is 642 g/mol. The van der Waals surface area contributed by atoms with Gasteiger partial charge in [0.25, 0.3) is 0 Å². The van der Waals surface area contributed by atoms with Crippen molar-refractivity contribution in [2.45, 2.75) is 55.4 Å². The molecule has 7 atom stereocenters. The van der Waals surface area contributed by atoms with E-state index in [1.807, 2.05) is 61.5 Å². The maximum absolute atomic E-state index is 15.1. The number of para-hydroxylation sites is 1. The third-order valence-electron chi connectivity index (χ3n) is 9.94. The van der Waals surface area contributed by atoms with Gasteiger partial charge in [-0.3, -0.25) is 14.4 Å². The van der Waals surface area contributed by atoms with Crippen LogP contribution in [0, 0.1) is 17.8 Å². The molecule has 10 nitrogen and oxygen atoms in total. The summed E-state index contributed by atoms with van der Waals surface area (Å²) in [7, 11) is 0. The summed E-state index contributed by atoms with van der Waals surface area (Å²) in [5.41, 5.74) is 2.23. The second-order valence-corrected chi connectivity index (χ2v) is 14.1. The van der Waals surface area contributed by atoms with E-state index in [0.29, 0.717) is 18.6 Å². The zero-order chi connectivity index (χ0) is 32.6. The lowest BCUT2D eigenvalue weighted by Crippen LogP contribution is -2.58. The first-order chi connectivity index (χ1) is 22.3. The first kappa shape index (κ1) is 32.0. The molecule has 2 aromatic carbocycles. The average molecular weight is 643 g/mol. The molecular weight excluding hydrogens is 600 g/mol. The average Bonchev–Trinajstić information content (AvgIpc) is 3.79. The fourth-order valence-electron chi connectivity index (χ4n) is 8.04. The van der Waals surface area contributed by atoms with Gasteiger partial charge in [0.1, 0.15) is 18.2 Å². The number of aromatic nitrogens is 3. The normalized spacial score (nSPS) is 27.1. The Morgan fingerprint density at radius 1 is 1.09 bits per heavy atom. The number of benzene rings is 2. The molecule has 11 heteroatoms. The minimum absolute atomic E-state index is 0.0219. The van der Waals surface area contributed by atoms with E-state index >= 15 is 4.79 Å². The smallest absolute Gasteiger partial charge is 0.248 e. The van der Waals surface area contributed by atoms with Crippen LogP contribution in [0.2, 0.25) is 0 Å². The SMILES string of the molecule is C=CCN(Cn1nnc2ccccc21)C(=O)C1N([C@H](CO)c2ccccc2)C(=O)[C@@H]2[C@H](C(=O)N(CC=C)CCC)[C@@H]3CC(C)C12S3. The van der Waals surface area contributed by atoms with Crippen molar-refractivity contribution < 1.29 is 19.5 Å². The summed E-state index contributed by atoms with van der Waals surface area (Å²) in [6, 6.07) is 15.2. The van der Waals surface area contributed by atoms with Crippen LogP contribution >= 0.6 is 11.8 Å². The van der Waals surface area contributed by atoms with Crippen molar-refractivity contribution in [1.29, 1.82) is 0 Å². The number of aliphatic hydroxyl groups excluding tert-OH is 1. The van der Waals surface area contributed by atoms with Crippen LogP contribution in [0.15, 0.2) is 79.9 Å². The molecular formula is C35H42N6O4S. The molecule has 3 aromatic rings. The second kappa shape index (κ2) is 13.0. The van der Waals surface area contributed by atoms with Gasteiger partial charge in [0, 0.05) is 24.9 Å². The topological polar surface area (TPSA) is 112 Å². The van der Waals surface area contributed by atoms with Crippen LogP contribution in [0.3, 0.4) is 0 Å². The highest BCUT2D eigenvalue weighted by Crippen LogP contribution is 2.69. The summed E-state index contributed by atoms with van der Waals surface area (Å²) < 4.78 is 0.831. The number of fused-ring (bicyclic) bond motifs is 2. The molecule has 2 bridgehead atoms. The molecule has 1 aromatic heterocycles. The van der Waals surface area contributed by atoms with E-state index in [4.69, 9.17) is 0 Å². The number of thioether (sulfide) groups is 1. The summed E-state index contributed by atoms with van der Waals surface area (Å²) >= 11 is 1.64. The summed E-state index contributed by atoms with van der Waals surface area (Å²) in [6.07, 6.45) is 4.90. The first-order valence-corrected chi connectivity index (χ1v) is 16.9. The van der Waals surface area contributed by atoms with Gasteiger partial charge in [-0.05, 0) is 36.5 Å². The Balaban J connectivity index is 1.46. The molecule has 1 N–H and O–H groups in total. The van der Waals surface area contributed by atoms with Crippen LogP contribution in [0.5, 0.6) is 0 Å². The maximum Gasteiger partial charge on any atom is 0.248 e. The summed E-state index contributed by atoms with van der Waals surface area (Å²) in [6.45, 7) is 12.8. The lowest BCUT2D eigenvalue weighted by molar-refractivity contribution is -0.147. The van der Waals surface area contributed by atoms with Gasteiger partial charge in [-0.25, -0.2) is 4.68 Å². The summed E-state index contributed by atoms with van der Waals surface area (Å²) in [5.74, 6) is -1.85. The van der Waals surface area contributed by atoms with Crippen molar-refractivity contribution >= 4 is 40.5 Å². The van der Waals surface area contributed by atoms with E-state index in [9.17, 15) is 14.7 Å². The number of likely N-dealkylation sites (tertiary alicyclic amines) is 1. The zero-order valence-electron chi connectivity index (χ0n) is 26.4. The highest BCUT2D eigenvalue weighted by Gasteiger charge is 2.77. The largest absolute Gasteiger partial charge is 0.394 e. The predicted octanol–water partition coefficient (Wildman–Crippen LogP) is 3.90. The second-order valence-electron chi connectivity index (χ2n) is 12.5. The Morgan fingerprint density at radius 3 is 2.48 bits per heavy atom. The van der Waals surface area contributed by atoms with E-state index < -0.39 is 28.7 Å². The Bertz CT molecular complexity index is 1630. The Hall–Kier alpha value is -3.96. The number of aliphatic hydroxyl groups is 1. The van der Waals surface area contributed by atoms with E-state index in [1.165, 1.54) is 0 Å². The molecule has 0 aliphatic carbocycles. The standard InChI is InChI=1S/C35H42N6O4S/c1-5-17-38(18-6-2)32(43)29-28-20-23(4)35(46-28)30(29)33(44)41(27(21-42)24-13-9-8-10-14-24)31(35)34(45)39(19-7-3)22-40-26-16-12-11-15-25(26)36-37-40/h5,7-16,23,27-31,42H,1,3,6,17-22H2,2,4H3/t23?,27-,28+,29-,30+,31?,35?/m1/s1. The van der Waals surface area contributed by atoms with Gasteiger partial charge < -0.3 is 19.8 Å². The van der Waals surface area contributed by atoms with E-state index in [-0.39, 0.29) is 48.7 Å². The lowest BCUT2D eigenvalue weighted by Gasteiger charge is -2.42. The Kier molecular flexibility index (Phi) is 9.07. The molecule has 3 saturated heterocycles. The minimum Gasteiger partial charge on any atom is -0.394 e. The van der Waals surface area contributed by atoms with Crippen LogP contribution < -0.4 is 0 Å². The minimum atomic E-state index is -0.918. The van der Waals surface area contributed by atoms with Crippen LogP contribution in [-0.2, 0) is 21.1 Å². The number of rotatable bonds is 13. The summed E-state index contributed by atoms with van der Waals surface area (Å²) in [5, 5.41) is 19.4. The fraction of sp³-hybridized carbons (Fsp3) is 0.457. The highest BCUT2D eigenvalue weighted by atomic mass is 32.2. The van der Waals surface area contributed by atoms with E-state index in [0.717, 1.165) is 23.9 Å². The Morgan fingerprint density at radius 2 is 1.78 bits per heavy atom. The zero-order valence-corrected chi connectivity index (χ0v) is 27.3. The Labute approximate surface area is 274 Å². The summed E-state index contributed by atoms with van der Waals surface area (Å²) in [4.78, 5) is 49.4. The molecule has 4 heterocycles. The quantitative estimate of drug-likeness (QED) is 0.282. The van der Waals surface area contributed by atoms with Crippen molar-refractivity contribution in [3.05, 3.63) is 85.5 Å². The number of hydrogen-bond acceptors (Lipinski definition) is 7. The number of hydrogen-bond donors (Lipinski definition) is 1. The molecule has 1 spiro atoms. The fourth-order valence-corrected chi connectivity index (χ4v) is 10.4. The van der Waals surface area contributed by atoms with Gasteiger partial charge in [-0.15, -0.1) is 30.0 Å². The molecule has 0 saturated carbocycles. The van der Waals surface area contributed by atoms with Crippen molar-refractivity contribution in [3.63, 3.8) is 0 Å². The van der Waals surface area contributed by atoms with Crippen LogP contribution in [0.25, 0.3) is 11.0 Å². The lowest BCUT2D eigenvalue weighted by atomic mass is 9.65. The van der Waals surface area contributed by atoms with Gasteiger partial charge in [0.15, 0.2) is 0 Å². The first-order valence-electron chi connectivity index (χ1n) is 16.1. The van der Waals surface area contributed by atoms with Gasteiger partial charge in [0.2, 0.25) is 17.7 Å². The van der Waals surface area contributed by atoms with Gasteiger partial charge in [-0.2, -0.15) is 0 Å². The number of nitrogens with zero attached hydrogens (tertiary/aromatic N) is 6.